The molecule has 5 heteroatoms. The molecule has 1 aromatic heterocycles. The Balaban J connectivity index is 1.83. The molecular weight excluding hydrogens is 309 g/mol. The van der Waals surface area contributed by atoms with Crippen molar-refractivity contribution in [3.63, 3.8) is 0 Å². The molecule has 4 nitrogen and oxygen atoms in total. The van der Waals surface area contributed by atoms with Crippen LogP contribution in [0.3, 0.4) is 0 Å². The molecule has 1 saturated carbocycles. The lowest BCUT2D eigenvalue weighted by Crippen LogP contribution is -2.44. The molecule has 1 fully saturated rings. The van der Waals surface area contributed by atoms with Crippen molar-refractivity contribution >= 4 is 16.9 Å². The average Bonchev–Trinajstić information content (AvgIpc) is 2.60. The van der Waals surface area contributed by atoms with Crippen molar-refractivity contribution in [2.45, 2.75) is 44.1 Å². The molecule has 1 aliphatic carbocycles. The van der Waals surface area contributed by atoms with Gasteiger partial charge in [0.1, 0.15) is 5.82 Å². The lowest BCUT2D eigenvalue weighted by atomic mass is 9.70. The fraction of sp³-hybridized carbons (Fsp3) is 0.474. The van der Waals surface area contributed by atoms with Crippen LogP contribution in [-0.4, -0.2) is 28.8 Å². The lowest BCUT2D eigenvalue weighted by molar-refractivity contribution is -0.157. The molecule has 0 bridgehead atoms. The molecule has 3 rings (SSSR count). The number of halogens is 1. The maximum Gasteiger partial charge on any atom is 0.311 e. The van der Waals surface area contributed by atoms with Crippen LogP contribution in [0.2, 0.25) is 0 Å². The van der Waals surface area contributed by atoms with E-state index in [1.165, 1.54) is 19.2 Å². The first kappa shape index (κ1) is 16.8. The Bertz CT molecular complexity index is 753. The van der Waals surface area contributed by atoms with Crippen LogP contribution in [-0.2, 0) is 9.53 Å². The number of nitrogens with zero attached hydrogens (tertiary/aromatic N) is 1. The Hall–Kier alpha value is -2.01. The average molecular weight is 331 g/mol. The summed E-state index contributed by atoms with van der Waals surface area (Å²) in [6.45, 7) is 1.71. The Morgan fingerprint density at radius 3 is 2.75 bits per heavy atom. The predicted molar refractivity (Wildman–Crippen MR) is 89.0 cm³/mol. The maximum absolute atomic E-state index is 13.6. The van der Waals surface area contributed by atoms with Crippen LogP contribution < -0.4 is 0 Å². The SMILES string of the molecule is COC(=O)C(C)[C@]1(O)CC[C@H](c2ccnc3ccc(F)cc32)CC1. The van der Waals surface area contributed by atoms with Gasteiger partial charge < -0.3 is 9.84 Å². The number of aliphatic hydroxyl groups is 1. The van der Waals surface area contributed by atoms with Crippen molar-refractivity contribution in [3.8, 4) is 0 Å². The Labute approximate surface area is 140 Å². The van der Waals surface area contributed by atoms with E-state index in [4.69, 9.17) is 4.74 Å². The summed E-state index contributed by atoms with van der Waals surface area (Å²) in [7, 11) is 1.34. The van der Waals surface area contributed by atoms with Gasteiger partial charge in [0.25, 0.3) is 0 Å². The topological polar surface area (TPSA) is 59.4 Å². The van der Waals surface area contributed by atoms with E-state index in [9.17, 15) is 14.3 Å². The summed E-state index contributed by atoms with van der Waals surface area (Å²) in [5, 5.41) is 11.6. The molecule has 1 heterocycles. The lowest BCUT2D eigenvalue weighted by Gasteiger charge is -2.39. The van der Waals surface area contributed by atoms with Crippen molar-refractivity contribution in [2.75, 3.05) is 7.11 Å². The number of methoxy groups -OCH3 is 1. The summed E-state index contributed by atoms with van der Waals surface area (Å²) in [5.41, 5.74) is 0.808. The van der Waals surface area contributed by atoms with Crippen molar-refractivity contribution in [3.05, 3.63) is 41.8 Å². The highest BCUT2D eigenvalue weighted by atomic mass is 19.1. The molecule has 24 heavy (non-hydrogen) atoms. The minimum atomic E-state index is -1.03. The summed E-state index contributed by atoms with van der Waals surface area (Å²) < 4.78 is 18.4. The third-order valence-electron chi connectivity index (χ3n) is 5.39. The van der Waals surface area contributed by atoms with Crippen molar-refractivity contribution in [1.82, 2.24) is 4.98 Å². The molecule has 0 radical (unpaired) electrons. The molecule has 0 aliphatic heterocycles. The van der Waals surface area contributed by atoms with Crippen molar-refractivity contribution in [2.24, 2.45) is 5.92 Å². The largest absolute Gasteiger partial charge is 0.469 e. The molecule has 0 spiro atoms. The van der Waals surface area contributed by atoms with Gasteiger partial charge >= 0.3 is 5.97 Å². The van der Waals surface area contributed by atoms with Gasteiger partial charge in [-0.05, 0) is 68.4 Å². The summed E-state index contributed by atoms with van der Waals surface area (Å²) in [4.78, 5) is 16.0. The second kappa shape index (κ2) is 6.48. The van der Waals surface area contributed by atoms with Crippen LogP contribution in [0.5, 0.6) is 0 Å². The van der Waals surface area contributed by atoms with Crippen LogP contribution in [0.4, 0.5) is 4.39 Å². The molecule has 1 aliphatic rings. The normalized spacial score (nSPS) is 25.4. The molecule has 0 saturated heterocycles. The molecule has 1 aromatic carbocycles. The summed E-state index contributed by atoms with van der Waals surface area (Å²) >= 11 is 0. The van der Waals surface area contributed by atoms with Crippen LogP contribution >= 0.6 is 0 Å². The van der Waals surface area contributed by atoms with Gasteiger partial charge in [0.15, 0.2) is 0 Å². The van der Waals surface area contributed by atoms with E-state index in [0.29, 0.717) is 12.8 Å². The Morgan fingerprint density at radius 2 is 2.08 bits per heavy atom. The molecule has 1 N–H and O–H groups in total. The van der Waals surface area contributed by atoms with Crippen LogP contribution in [0.15, 0.2) is 30.5 Å². The third kappa shape index (κ3) is 3.00. The third-order valence-corrected chi connectivity index (χ3v) is 5.39. The highest BCUT2D eigenvalue weighted by Crippen LogP contribution is 2.43. The first-order valence-corrected chi connectivity index (χ1v) is 8.29. The molecule has 1 unspecified atom stereocenters. The number of carbonyl (C=O) groups excluding carboxylic acids is 1. The minimum absolute atomic E-state index is 0.224. The van der Waals surface area contributed by atoms with E-state index in [0.717, 1.165) is 29.3 Å². The summed E-state index contributed by atoms with van der Waals surface area (Å²) in [6.07, 6.45) is 4.27. The first-order chi connectivity index (χ1) is 11.4. The maximum atomic E-state index is 13.6. The van der Waals surface area contributed by atoms with Gasteiger partial charge in [0.05, 0.1) is 24.1 Å². The number of rotatable bonds is 3. The van der Waals surface area contributed by atoms with E-state index in [1.54, 1.807) is 19.2 Å². The quantitative estimate of drug-likeness (QED) is 0.874. The molecular formula is C19H22FNO3. The highest BCUT2D eigenvalue weighted by Gasteiger charge is 2.42. The second-order valence-electron chi connectivity index (χ2n) is 6.68. The number of aromatic nitrogens is 1. The van der Waals surface area contributed by atoms with E-state index in [2.05, 4.69) is 4.98 Å². The minimum Gasteiger partial charge on any atom is -0.469 e. The molecule has 0 amide bonds. The number of benzene rings is 1. The van der Waals surface area contributed by atoms with Gasteiger partial charge in [-0.15, -0.1) is 0 Å². The van der Waals surface area contributed by atoms with Gasteiger partial charge in [-0.1, -0.05) is 0 Å². The highest BCUT2D eigenvalue weighted by molar-refractivity contribution is 5.82. The van der Waals surface area contributed by atoms with E-state index >= 15 is 0 Å². The number of esters is 1. The monoisotopic (exact) mass is 331 g/mol. The van der Waals surface area contributed by atoms with Crippen molar-refractivity contribution in [1.29, 1.82) is 0 Å². The van der Waals surface area contributed by atoms with Gasteiger partial charge in [-0.2, -0.15) is 0 Å². The second-order valence-corrected chi connectivity index (χ2v) is 6.68. The fourth-order valence-electron chi connectivity index (χ4n) is 3.75. The summed E-state index contributed by atoms with van der Waals surface area (Å²) in [6, 6.07) is 6.56. The van der Waals surface area contributed by atoms with E-state index in [-0.39, 0.29) is 17.7 Å². The van der Waals surface area contributed by atoms with Gasteiger partial charge in [-0.3, -0.25) is 9.78 Å². The Kier molecular flexibility index (Phi) is 4.54. The van der Waals surface area contributed by atoms with Crippen LogP contribution in [0.1, 0.15) is 44.1 Å². The van der Waals surface area contributed by atoms with Gasteiger partial charge in [-0.25, -0.2) is 4.39 Å². The number of carbonyl (C=O) groups is 1. The van der Waals surface area contributed by atoms with E-state index in [1.807, 2.05) is 6.07 Å². The fourth-order valence-corrected chi connectivity index (χ4v) is 3.75. The smallest absolute Gasteiger partial charge is 0.311 e. The zero-order valence-electron chi connectivity index (χ0n) is 14.0. The molecule has 128 valence electrons. The molecule has 2 aromatic rings. The zero-order valence-corrected chi connectivity index (χ0v) is 14.0. The van der Waals surface area contributed by atoms with Gasteiger partial charge in [0, 0.05) is 11.6 Å². The number of hydrogen-bond donors (Lipinski definition) is 1. The Morgan fingerprint density at radius 1 is 1.38 bits per heavy atom. The van der Waals surface area contributed by atoms with Crippen LogP contribution in [0.25, 0.3) is 10.9 Å². The first-order valence-electron chi connectivity index (χ1n) is 8.29. The number of fused-ring (bicyclic) bond motifs is 1. The summed E-state index contributed by atoms with van der Waals surface area (Å²) in [5.74, 6) is -0.978. The van der Waals surface area contributed by atoms with Crippen LogP contribution in [0, 0.1) is 11.7 Å². The van der Waals surface area contributed by atoms with Crippen molar-refractivity contribution < 1.29 is 19.0 Å². The zero-order chi connectivity index (χ0) is 17.3. The standard InChI is InChI=1S/C19H22FNO3/c1-12(18(22)24-2)19(23)8-5-13(6-9-19)15-7-10-21-17-4-3-14(20)11-16(15)17/h3-4,7,10-13,23H,5-6,8-9H2,1-2H3/t12?,13-,19-. The number of hydrogen-bond acceptors (Lipinski definition) is 4. The predicted octanol–water partition coefficient (Wildman–Crippen LogP) is 3.57. The number of ether oxygens (including phenoxy) is 1. The number of pyridine rings is 1. The van der Waals surface area contributed by atoms with E-state index < -0.39 is 11.5 Å². The molecule has 1 atom stereocenters. The van der Waals surface area contributed by atoms with Gasteiger partial charge in [0.2, 0.25) is 0 Å².